The molecule has 1 aliphatic rings. The van der Waals surface area contributed by atoms with E-state index in [4.69, 9.17) is 0 Å². The lowest BCUT2D eigenvalue weighted by Gasteiger charge is -2.11. The molecule has 2 aromatic heterocycles. The third kappa shape index (κ3) is 4.03. The van der Waals surface area contributed by atoms with E-state index in [2.05, 4.69) is 20.6 Å². The molecule has 1 saturated carbocycles. The Morgan fingerprint density at radius 1 is 1.04 bits per heavy atom. The Hall–Kier alpha value is -3.61. The molecule has 1 fully saturated rings. The van der Waals surface area contributed by atoms with Gasteiger partial charge in [-0.25, -0.2) is 9.37 Å². The van der Waals surface area contributed by atoms with Crippen LogP contribution in [0, 0.1) is 11.7 Å². The number of pyridine rings is 2. The van der Waals surface area contributed by atoms with Crippen molar-refractivity contribution in [3.05, 3.63) is 72.4 Å². The second-order valence-electron chi connectivity index (χ2n) is 6.58. The molecule has 7 heteroatoms. The standard InChI is InChI=1S/C21H17FN4O2/c22-16-3-1-2-14(10-16)17-7-8-23-12-18(17)25-21(28)15-6-9-24-19(11-15)26-20(27)13-4-5-13/h1-3,6-13H,4-5H2,(H,25,28)(H,24,26,27). The minimum Gasteiger partial charge on any atom is -0.320 e. The topological polar surface area (TPSA) is 84.0 Å². The Morgan fingerprint density at radius 2 is 1.89 bits per heavy atom. The molecule has 3 aromatic rings. The van der Waals surface area contributed by atoms with Gasteiger partial charge >= 0.3 is 0 Å². The number of benzene rings is 1. The molecule has 0 saturated heterocycles. The molecular formula is C21H17FN4O2. The zero-order valence-electron chi connectivity index (χ0n) is 14.9. The molecule has 2 heterocycles. The average Bonchev–Trinajstić information content (AvgIpc) is 3.54. The zero-order valence-corrected chi connectivity index (χ0v) is 14.9. The molecule has 0 atom stereocenters. The Labute approximate surface area is 160 Å². The smallest absolute Gasteiger partial charge is 0.255 e. The summed E-state index contributed by atoms with van der Waals surface area (Å²) in [5.74, 6) is -0.443. The number of nitrogens with one attached hydrogen (secondary N) is 2. The first-order chi connectivity index (χ1) is 13.6. The van der Waals surface area contributed by atoms with Crippen LogP contribution >= 0.6 is 0 Å². The second kappa shape index (κ2) is 7.56. The van der Waals surface area contributed by atoms with Gasteiger partial charge in [0.15, 0.2) is 0 Å². The quantitative estimate of drug-likeness (QED) is 0.708. The van der Waals surface area contributed by atoms with E-state index in [1.54, 1.807) is 30.5 Å². The fraction of sp³-hybridized carbons (Fsp3) is 0.143. The highest BCUT2D eigenvalue weighted by atomic mass is 19.1. The molecule has 140 valence electrons. The Morgan fingerprint density at radius 3 is 2.68 bits per heavy atom. The van der Waals surface area contributed by atoms with Crippen LogP contribution in [0.25, 0.3) is 11.1 Å². The van der Waals surface area contributed by atoms with E-state index < -0.39 is 0 Å². The van der Waals surface area contributed by atoms with Gasteiger partial charge in [0.05, 0.1) is 11.9 Å². The summed E-state index contributed by atoms with van der Waals surface area (Å²) in [4.78, 5) is 32.7. The average molecular weight is 376 g/mol. The zero-order chi connectivity index (χ0) is 19.5. The number of carbonyl (C=O) groups excluding carboxylic acids is 2. The summed E-state index contributed by atoms with van der Waals surface area (Å²) in [5, 5.41) is 5.52. The van der Waals surface area contributed by atoms with Crippen molar-refractivity contribution in [2.24, 2.45) is 5.92 Å². The van der Waals surface area contributed by atoms with Gasteiger partial charge in [-0.05, 0) is 48.7 Å². The SMILES string of the molecule is O=C(Nc1cnccc1-c1cccc(F)c1)c1ccnc(NC(=O)C2CC2)c1. The maximum Gasteiger partial charge on any atom is 0.255 e. The number of amides is 2. The molecule has 6 nitrogen and oxygen atoms in total. The number of aromatic nitrogens is 2. The van der Waals surface area contributed by atoms with Crippen molar-refractivity contribution in [3.63, 3.8) is 0 Å². The summed E-state index contributed by atoms with van der Waals surface area (Å²) in [5.41, 5.74) is 2.08. The minimum atomic E-state index is -0.380. The third-order valence-electron chi connectivity index (χ3n) is 4.43. The predicted molar refractivity (Wildman–Crippen MR) is 103 cm³/mol. The molecule has 1 aromatic carbocycles. The monoisotopic (exact) mass is 376 g/mol. The minimum absolute atomic E-state index is 0.0449. The third-order valence-corrected chi connectivity index (χ3v) is 4.43. The number of halogens is 1. The molecular weight excluding hydrogens is 359 g/mol. The van der Waals surface area contributed by atoms with Gasteiger partial charge in [0.2, 0.25) is 5.91 Å². The van der Waals surface area contributed by atoms with Gasteiger partial charge in [-0.2, -0.15) is 0 Å². The molecule has 28 heavy (non-hydrogen) atoms. The molecule has 0 radical (unpaired) electrons. The first-order valence-corrected chi connectivity index (χ1v) is 8.88. The van der Waals surface area contributed by atoms with Crippen LogP contribution in [0.4, 0.5) is 15.9 Å². The lowest BCUT2D eigenvalue weighted by Crippen LogP contribution is -2.16. The lowest BCUT2D eigenvalue weighted by atomic mass is 10.1. The lowest BCUT2D eigenvalue weighted by molar-refractivity contribution is -0.117. The first kappa shape index (κ1) is 17.8. The van der Waals surface area contributed by atoms with Crippen LogP contribution in [-0.2, 0) is 4.79 Å². The summed E-state index contributed by atoms with van der Waals surface area (Å²) in [7, 11) is 0. The Bertz CT molecular complexity index is 1050. The number of rotatable bonds is 5. The van der Waals surface area contributed by atoms with Crippen LogP contribution in [0.1, 0.15) is 23.2 Å². The number of hydrogen-bond acceptors (Lipinski definition) is 4. The molecule has 0 unspecified atom stereocenters. The van der Waals surface area contributed by atoms with E-state index >= 15 is 0 Å². The number of hydrogen-bond donors (Lipinski definition) is 2. The molecule has 0 spiro atoms. The van der Waals surface area contributed by atoms with Crippen molar-refractivity contribution in [1.82, 2.24) is 9.97 Å². The van der Waals surface area contributed by atoms with Crippen molar-refractivity contribution < 1.29 is 14.0 Å². The number of nitrogens with zero attached hydrogens (tertiary/aromatic N) is 2. The largest absolute Gasteiger partial charge is 0.320 e. The van der Waals surface area contributed by atoms with E-state index in [0.717, 1.165) is 12.8 Å². The van der Waals surface area contributed by atoms with Crippen molar-refractivity contribution in [3.8, 4) is 11.1 Å². The maximum atomic E-state index is 13.6. The fourth-order valence-electron chi connectivity index (χ4n) is 2.81. The van der Waals surface area contributed by atoms with Gasteiger partial charge in [-0.3, -0.25) is 14.6 Å². The predicted octanol–water partition coefficient (Wildman–Crippen LogP) is 3.88. The first-order valence-electron chi connectivity index (χ1n) is 8.88. The summed E-state index contributed by atoms with van der Waals surface area (Å²) in [6.45, 7) is 0. The Kier molecular flexibility index (Phi) is 4.80. The Balaban J connectivity index is 1.55. The summed E-state index contributed by atoms with van der Waals surface area (Å²) in [6, 6.07) is 10.9. The van der Waals surface area contributed by atoms with Gasteiger partial charge < -0.3 is 10.6 Å². The second-order valence-corrected chi connectivity index (χ2v) is 6.58. The summed E-state index contributed by atoms with van der Waals surface area (Å²) in [6.07, 6.45) is 6.32. The van der Waals surface area contributed by atoms with E-state index in [0.29, 0.717) is 28.2 Å². The van der Waals surface area contributed by atoms with Gasteiger partial charge in [0, 0.05) is 29.4 Å². The molecule has 2 amide bonds. The van der Waals surface area contributed by atoms with E-state index in [1.807, 2.05) is 0 Å². The van der Waals surface area contributed by atoms with Crippen molar-refractivity contribution in [1.29, 1.82) is 0 Å². The van der Waals surface area contributed by atoms with Crippen LogP contribution in [0.5, 0.6) is 0 Å². The van der Waals surface area contributed by atoms with Gasteiger partial charge in [0.25, 0.3) is 5.91 Å². The highest BCUT2D eigenvalue weighted by Crippen LogP contribution is 2.30. The van der Waals surface area contributed by atoms with Gasteiger partial charge in [-0.1, -0.05) is 12.1 Å². The van der Waals surface area contributed by atoms with Gasteiger partial charge in [0.1, 0.15) is 11.6 Å². The van der Waals surface area contributed by atoms with Crippen LogP contribution in [0.15, 0.2) is 61.1 Å². The van der Waals surface area contributed by atoms with E-state index in [9.17, 15) is 14.0 Å². The molecule has 2 N–H and O–H groups in total. The van der Waals surface area contributed by atoms with Gasteiger partial charge in [-0.15, -0.1) is 0 Å². The normalized spacial score (nSPS) is 13.0. The summed E-state index contributed by atoms with van der Waals surface area (Å²) < 4.78 is 13.6. The highest BCUT2D eigenvalue weighted by Gasteiger charge is 2.29. The van der Waals surface area contributed by atoms with Crippen LogP contribution in [-0.4, -0.2) is 21.8 Å². The molecule has 0 aliphatic heterocycles. The van der Waals surface area contributed by atoms with Crippen molar-refractivity contribution in [2.75, 3.05) is 10.6 Å². The number of anilines is 2. The fourth-order valence-corrected chi connectivity index (χ4v) is 2.81. The van der Waals surface area contributed by atoms with E-state index in [-0.39, 0.29) is 23.5 Å². The van der Waals surface area contributed by atoms with E-state index in [1.165, 1.54) is 30.6 Å². The molecule has 4 rings (SSSR count). The van der Waals surface area contributed by atoms with Crippen molar-refractivity contribution in [2.45, 2.75) is 12.8 Å². The molecule has 1 aliphatic carbocycles. The van der Waals surface area contributed by atoms with Crippen LogP contribution < -0.4 is 10.6 Å². The highest BCUT2D eigenvalue weighted by molar-refractivity contribution is 6.07. The maximum absolute atomic E-state index is 13.6. The van der Waals surface area contributed by atoms with Crippen molar-refractivity contribution >= 4 is 23.3 Å². The summed E-state index contributed by atoms with van der Waals surface area (Å²) >= 11 is 0. The van der Waals surface area contributed by atoms with Crippen LogP contribution in [0.2, 0.25) is 0 Å². The van der Waals surface area contributed by atoms with Crippen LogP contribution in [0.3, 0.4) is 0 Å². The number of carbonyl (C=O) groups is 2. The molecule has 0 bridgehead atoms.